The van der Waals surface area contributed by atoms with E-state index >= 15 is 0 Å². The van der Waals surface area contributed by atoms with E-state index in [-0.39, 0.29) is 0 Å². The Morgan fingerprint density at radius 3 is 2.54 bits per heavy atom. The Balaban J connectivity index is 2.71. The molecule has 0 amide bonds. The molecule has 7 heteroatoms. The van der Waals surface area contributed by atoms with Gasteiger partial charge in [0.15, 0.2) is 5.96 Å². The lowest BCUT2D eigenvalue weighted by Gasteiger charge is -2.18. The molecule has 26 heavy (non-hydrogen) atoms. The van der Waals surface area contributed by atoms with Crippen molar-refractivity contribution in [2.75, 3.05) is 17.5 Å². The first-order chi connectivity index (χ1) is 12.4. The molecule has 0 bridgehead atoms. The zero-order valence-corrected chi connectivity index (χ0v) is 17.3. The van der Waals surface area contributed by atoms with E-state index in [2.05, 4.69) is 34.2 Å². The number of anilines is 1. The average molecular weight is 383 g/mol. The van der Waals surface area contributed by atoms with E-state index in [4.69, 9.17) is 0 Å². The first-order valence-corrected chi connectivity index (χ1v) is 11.3. The second-order valence-electron chi connectivity index (χ2n) is 6.62. The summed E-state index contributed by atoms with van der Waals surface area (Å²) in [5, 5.41) is 6.69. The van der Waals surface area contributed by atoms with Gasteiger partial charge < -0.3 is 10.6 Å². The maximum atomic E-state index is 11.5. The van der Waals surface area contributed by atoms with Crippen LogP contribution in [0, 0.1) is 0 Å². The van der Waals surface area contributed by atoms with Crippen LogP contribution in [0.15, 0.2) is 29.3 Å². The molecule has 1 aromatic rings. The predicted molar refractivity (Wildman–Crippen MR) is 111 cm³/mol. The molecule has 0 heterocycles. The number of hydrogen-bond acceptors (Lipinski definition) is 3. The van der Waals surface area contributed by atoms with E-state index in [1.54, 1.807) is 6.07 Å². The minimum Gasteiger partial charge on any atom is -0.357 e. The van der Waals surface area contributed by atoms with Gasteiger partial charge in [-0.25, -0.2) is 13.4 Å². The topological polar surface area (TPSA) is 82.6 Å². The minimum atomic E-state index is -3.31. The number of unbranched alkanes of at least 4 members (excludes halogenated alkanes) is 3. The number of aliphatic imine (C=N–C) groups is 1. The maximum absolute atomic E-state index is 11.5. The van der Waals surface area contributed by atoms with Gasteiger partial charge in [-0.2, -0.15) is 0 Å². The van der Waals surface area contributed by atoms with Crippen molar-refractivity contribution in [1.29, 1.82) is 0 Å². The van der Waals surface area contributed by atoms with Crippen LogP contribution in [-0.4, -0.2) is 33.2 Å². The summed E-state index contributed by atoms with van der Waals surface area (Å²) >= 11 is 0. The van der Waals surface area contributed by atoms with E-state index in [0.29, 0.717) is 18.3 Å². The lowest BCUT2D eigenvalue weighted by molar-refractivity contribution is 0.537. The Labute approximate surface area is 158 Å². The minimum absolute atomic E-state index is 0.342. The molecule has 0 saturated heterocycles. The van der Waals surface area contributed by atoms with E-state index in [0.717, 1.165) is 30.7 Å². The molecule has 3 N–H and O–H groups in total. The lowest BCUT2D eigenvalue weighted by atomic mass is 10.1. The number of para-hydroxylation sites is 1. The van der Waals surface area contributed by atoms with Gasteiger partial charge in [-0.3, -0.25) is 4.72 Å². The normalized spacial score (nSPS) is 13.3. The van der Waals surface area contributed by atoms with Crippen molar-refractivity contribution < 1.29 is 8.42 Å². The molecule has 0 aliphatic carbocycles. The van der Waals surface area contributed by atoms with Crippen molar-refractivity contribution in [3.63, 3.8) is 0 Å². The van der Waals surface area contributed by atoms with Crippen LogP contribution in [0.4, 0.5) is 5.69 Å². The van der Waals surface area contributed by atoms with Crippen LogP contribution in [0.2, 0.25) is 0 Å². The van der Waals surface area contributed by atoms with Gasteiger partial charge in [0.2, 0.25) is 10.0 Å². The Kier molecular flexibility index (Phi) is 10.1. The van der Waals surface area contributed by atoms with Crippen molar-refractivity contribution in [3.05, 3.63) is 29.8 Å². The van der Waals surface area contributed by atoms with Crippen LogP contribution < -0.4 is 15.4 Å². The zero-order chi connectivity index (χ0) is 19.4. The molecule has 0 aromatic heterocycles. The second-order valence-corrected chi connectivity index (χ2v) is 8.37. The van der Waals surface area contributed by atoms with Crippen molar-refractivity contribution in [1.82, 2.24) is 10.6 Å². The van der Waals surface area contributed by atoms with Crippen LogP contribution in [0.5, 0.6) is 0 Å². The molecular formula is C19H34N4O2S. The summed E-state index contributed by atoms with van der Waals surface area (Å²) in [4.78, 5) is 4.62. The first-order valence-electron chi connectivity index (χ1n) is 9.46. The molecule has 6 nitrogen and oxygen atoms in total. The number of hydrogen-bond donors (Lipinski definition) is 3. The van der Waals surface area contributed by atoms with Gasteiger partial charge in [0, 0.05) is 12.6 Å². The van der Waals surface area contributed by atoms with Gasteiger partial charge in [-0.05, 0) is 31.9 Å². The number of nitrogens with zero attached hydrogens (tertiary/aromatic N) is 1. The predicted octanol–water partition coefficient (Wildman–Crippen LogP) is 3.47. The van der Waals surface area contributed by atoms with Crippen molar-refractivity contribution in [2.45, 2.75) is 65.5 Å². The standard InChI is InChI=1S/C19H34N4O2S/c1-5-7-8-9-12-16(3)22-19(20-6-2)21-15-17-13-10-11-14-18(17)23-26(4,24)25/h10-11,13-14,16,23H,5-9,12,15H2,1-4H3,(H2,20,21,22). The fraction of sp³-hybridized carbons (Fsp3) is 0.632. The fourth-order valence-corrected chi connectivity index (χ4v) is 3.22. The summed E-state index contributed by atoms with van der Waals surface area (Å²) in [5.74, 6) is 0.754. The molecule has 1 atom stereocenters. The molecule has 1 unspecified atom stereocenters. The summed E-state index contributed by atoms with van der Waals surface area (Å²) in [5.41, 5.74) is 1.41. The highest BCUT2D eigenvalue weighted by atomic mass is 32.2. The number of nitrogens with one attached hydrogen (secondary N) is 3. The summed E-state index contributed by atoms with van der Waals surface area (Å²) < 4.78 is 25.6. The van der Waals surface area contributed by atoms with E-state index in [1.165, 1.54) is 25.7 Å². The molecule has 1 rings (SSSR count). The molecule has 0 fully saturated rings. The van der Waals surface area contributed by atoms with Gasteiger partial charge in [-0.15, -0.1) is 0 Å². The van der Waals surface area contributed by atoms with E-state index in [1.807, 2.05) is 25.1 Å². The van der Waals surface area contributed by atoms with Gasteiger partial charge >= 0.3 is 0 Å². The number of guanidine groups is 1. The monoisotopic (exact) mass is 382 g/mol. The summed E-state index contributed by atoms with van der Waals surface area (Å²) in [6, 6.07) is 7.67. The molecule has 148 valence electrons. The van der Waals surface area contributed by atoms with Crippen molar-refractivity contribution in [3.8, 4) is 0 Å². The van der Waals surface area contributed by atoms with Crippen LogP contribution in [0.1, 0.15) is 58.4 Å². The van der Waals surface area contributed by atoms with E-state index in [9.17, 15) is 8.42 Å². The largest absolute Gasteiger partial charge is 0.357 e. The highest BCUT2D eigenvalue weighted by Gasteiger charge is 2.08. The highest BCUT2D eigenvalue weighted by molar-refractivity contribution is 7.92. The zero-order valence-electron chi connectivity index (χ0n) is 16.5. The number of sulfonamides is 1. The van der Waals surface area contributed by atoms with E-state index < -0.39 is 10.0 Å². The molecule has 0 radical (unpaired) electrons. The quantitative estimate of drug-likeness (QED) is 0.311. The fourth-order valence-electron chi connectivity index (χ4n) is 2.62. The second kappa shape index (κ2) is 11.8. The number of benzene rings is 1. The molecule has 0 spiro atoms. The smallest absolute Gasteiger partial charge is 0.229 e. The molecule has 1 aromatic carbocycles. The Bertz CT molecular complexity index is 659. The summed E-state index contributed by atoms with van der Waals surface area (Å²) in [6.45, 7) is 7.59. The first kappa shape index (κ1) is 22.3. The van der Waals surface area contributed by atoms with Crippen LogP contribution >= 0.6 is 0 Å². The third kappa shape index (κ3) is 9.65. The lowest BCUT2D eigenvalue weighted by Crippen LogP contribution is -2.42. The summed E-state index contributed by atoms with van der Waals surface area (Å²) in [6.07, 6.45) is 7.26. The van der Waals surface area contributed by atoms with Gasteiger partial charge in [0.05, 0.1) is 18.5 Å². The molecular weight excluding hydrogens is 348 g/mol. The third-order valence-electron chi connectivity index (χ3n) is 3.94. The van der Waals surface area contributed by atoms with Crippen LogP contribution in [0.3, 0.4) is 0 Å². The average Bonchev–Trinajstić information content (AvgIpc) is 2.56. The highest BCUT2D eigenvalue weighted by Crippen LogP contribution is 2.17. The van der Waals surface area contributed by atoms with Crippen molar-refractivity contribution in [2.24, 2.45) is 4.99 Å². The Morgan fingerprint density at radius 2 is 1.88 bits per heavy atom. The maximum Gasteiger partial charge on any atom is 0.229 e. The Hall–Kier alpha value is -1.76. The van der Waals surface area contributed by atoms with Gasteiger partial charge in [0.25, 0.3) is 0 Å². The van der Waals surface area contributed by atoms with Gasteiger partial charge in [0.1, 0.15) is 0 Å². The molecule has 0 aliphatic heterocycles. The summed E-state index contributed by atoms with van der Waals surface area (Å²) in [7, 11) is -3.31. The molecule has 0 aliphatic rings. The third-order valence-corrected chi connectivity index (χ3v) is 4.53. The number of rotatable bonds is 11. The van der Waals surface area contributed by atoms with Crippen LogP contribution in [0.25, 0.3) is 0 Å². The van der Waals surface area contributed by atoms with Crippen molar-refractivity contribution >= 4 is 21.7 Å². The van der Waals surface area contributed by atoms with Crippen LogP contribution in [-0.2, 0) is 16.6 Å². The SMILES string of the molecule is CCCCCCC(C)NC(=NCc1ccccc1NS(C)(=O)=O)NCC. The van der Waals surface area contributed by atoms with Gasteiger partial charge in [-0.1, -0.05) is 50.8 Å². The Morgan fingerprint density at radius 1 is 1.15 bits per heavy atom. The molecule has 0 saturated carbocycles.